The average Bonchev–Trinajstić information content (AvgIpc) is 2.73. The van der Waals surface area contributed by atoms with Crippen molar-refractivity contribution in [3.8, 4) is 0 Å². The first kappa shape index (κ1) is 7.25. The van der Waals surface area contributed by atoms with Crippen molar-refractivity contribution >= 4 is 11.4 Å². The average molecular weight is 204 g/mol. The molecule has 0 heterocycles. The predicted octanol–water partition coefficient (Wildman–Crippen LogP) is 1.03. The van der Waals surface area contributed by atoms with Crippen LogP contribution in [0.5, 0.6) is 0 Å². The van der Waals surface area contributed by atoms with Crippen LogP contribution in [0.2, 0.25) is 0 Å². The fourth-order valence-electron chi connectivity index (χ4n) is 6.13. The van der Waals surface area contributed by atoms with Crippen LogP contribution in [-0.4, -0.2) is 21.8 Å². The Labute approximate surface area is 86.6 Å². The van der Waals surface area contributed by atoms with Crippen molar-refractivity contribution in [2.45, 2.75) is 6.42 Å². The minimum atomic E-state index is 0.427. The Hall–Kier alpha value is -1.06. The number of hydrogen-bond donors (Lipinski definition) is 2. The van der Waals surface area contributed by atoms with Gasteiger partial charge in [0.25, 0.3) is 0 Å². The summed E-state index contributed by atoms with van der Waals surface area (Å²) >= 11 is 0. The van der Waals surface area contributed by atoms with Gasteiger partial charge in [0.15, 0.2) is 0 Å². The van der Waals surface area contributed by atoms with Gasteiger partial charge < -0.3 is 10.4 Å². The molecule has 0 unspecified atom stereocenters. The lowest BCUT2D eigenvalue weighted by atomic mass is 9.59. The van der Waals surface area contributed by atoms with E-state index in [0.717, 1.165) is 35.1 Å². The number of hydrogen-bond acceptors (Lipinski definition) is 4. The van der Waals surface area contributed by atoms with Crippen LogP contribution in [0.1, 0.15) is 6.42 Å². The fourth-order valence-corrected chi connectivity index (χ4v) is 6.13. The van der Waals surface area contributed by atoms with Gasteiger partial charge in [0.05, 0.1) is 11.4 Å². The second-order valence-corrected chi connectivity index (χ2v) is 5.87. The molecule has 0 aliphatic heterocycles. The minimum Gasteiger partial charge on any atom is -0.411 e. The van der Waals surface area contributed by atoms with Gasteiger partial charge in [-0.1, -0.05) is 10.3 Å². The van der Waals surface area contributed by atoms with Crippen LogP contribution in [-0.2, 0) is 0 Å². The van der Waals surface area contributed by atoms with Crippen molar-refractivity contribution in [2.75, 3.05) is 0 Å². The zero-order chi connectivity index (χ0) is 9.89. The molecule has 5 aliphatic rings. The minimum absolute atomic E-state index is 0.427. The van der Waals surface area contributed by atoms with Crippen LogP contribution >= 0.6 is 0 Å². The molecule has 5 aliphatic carbocycles. The summed E-state index contributed by atoms with van der Waals surface area (Å²) in [5.41, 5.74) is 2.09. The molecule has 0 aromatic carbocycles. The van der Waals surface area contributed by atoms with Crippen LogP contribution in [0.25, 0.3) is 0 Å². The molecule has 8 atom stereocenters. The zero-order valence-corrected chi connectivity index (χ0v) is 8.11. The summed E-state index contributed by atoms with van der Waals surface area (Å²) < 4.78 is 0. The summed E-state index contributed by atoms with van der Waals surface area (Å²) in [7, 11) is 0. The summed E-state index contributed by atoms with van der Waals surface area (Å²) in [6.45, 7) is 0. The van der Waals surface area contributed by atoms with Gasteiger partial charge in [0, 0.05) is 23.7 Å². The molecule has 2 N–H and O–H groups in total. The standard InChI is InChI=1S/C11H12N2O2/c14-12-10-6-2-1-3-5-4(2)8(10)9(5)11(13-15)7(3)6/h2-9,14-15H,1H2/b12-10-,13-11-/t2-,3+,4-,5-,6+,7-,8+,9+/m1/s1. The van der Waals surface area contributed by atoms with E-state index >= 15 is 0 Å². The zero-order valence-electron chi connectivity index (χ0n) is 8.11. The van der Waals surface area contributed by atoms with Crippen molar-refractivity contribution in [3.05, 3.63) is 0 Å². The maximum absolute atomic E-state index is 9.13. The third-order valence-electron chi connectivity index (χ3n) is 6.10. The van der Waals surface area contributed by atoms with E-state index in [2.05, 4.69) is 10.3 Å². The van der Waals surface area contributed by atoms with E-state index in [1.165, 1.54) is 6.42 Å². The van der Waals surface area contributed by atoms with Crippen molar-refractivity contribution in [2.24, 2.45) is 57.7 Å². The number of rotatable bonds is 0. The van der Waals surface area contributed by atoms with Crippen molar-refractivity contribution in [3.63, 3.8) is 0 Å². The van der Waals surface area contributed by atoms with Gasteiger partial charge in [0.2, 0.25) is 0 Å². The molecule has 4 nitrogen and oxygen atoms in total. The van der Waals surface area contributed by atoms with E-state index in [9.17, 15) is 0 Å². The summed E-state index contributed by atoms with van der Waals surface area (Å²) in [5.74, 6) is 4.76. The first-order chi connectivity index (χ1) is 7.38. The van der Waals surface area contributed by atoms with Crippen molar-refractivity contribution in [1.82, 2.24) is 0 Å². The second-order valence-electron chi connectivity index (χ2n) is 5.87. The summed E-state index contributed by atoms with van der Waals surface area (Å²) in [5, 5.41) is 25.4. The smallest absolute Gasteiger partial charge is 0.0651 e. The van der Waals surface area contributed by atoms with Gasteiger partial charge in [-0.25, -0.2) is 0 Å². The predicted molar refractivity (Wildman–Crippen MR) is 51.0 cm³/mol. The van der Waals surface area contributed by atoms with E-state index in [0.29, 0.717) is 23.7 Å². The molecule has 15 heavy (non-hydrogen) atoms. The van der Waals surface area contributed by atoms with E-state index in [1.807, 2.05) is 0 Å². The number of nitrogens with zero attached hydrogens (tertiary/aromatic N) is 2. The second kappa shape index (κ2) is 1.81. The van der Waals surface area contributed by atoms with Gasteiger partial charge in [-0.3, -0.25) is 0 Å². The van der Waals surface area contributed by atoms with Gasteiger partial charge in [0.1, 0.15) is 0 Å². The van der Waals surface area contributed by atoms with Gasteiger partial charge in [-0.2, -0.15) is 0 Å². The normalized spacial score (nSPS) is 71.2. The topological polar surface area (TPSA) is 65.2 Å². The van der Waals surface area contributed by atoms with E-state index < -0.39 is 0 Å². The highest BCUT2D eigenvalue weighted by Crippen LogP contribution is 2.80. The van der Waals surface area contributed by atoms with Crippen LogP contribution in [0, 0.1) is 47.3 Å². The molecule has 2 bridgehead atoms. The summed E-state index contributed by atoms with van der Waals surface area (Å²) in [6.07, 6.45) is 1.29. The largest absolute Gasteiger partial charge is 0.411 e. The van der Waals surface area contributed by atoms with Crippen molar-refractivity contribution in [1.29, 1.82) is 0 Å². The Kier molecular flexibility index (Phi) is 0.874. The van der Waals surface area contributed by atoms with E-state index in [-0.39, 0.29) is 0 Å². The maximum Gasteiger partial charge on any atom is 0.0651 e. The molecule has 4 heteroatoms. The molecule has 5 saturated carbocycles. The highest BCUT2D eigenvalue weighted by atomic mass is 16.4. The van der Waals surface area contributed by atoms with Gasteiger partial charge in [-0.15, -0.1) is 0 Å². The highest BCUT2D eigenvalue weighted by Gasteiger charge is 2.82. The molecule has 5 fully saturated rings. The molecular formula is C11H12N2O2. The van der Waals surface area contributed by atoms with Crippen molar-refractivity contribution < 1.29 is 10.4 Å². The molecule has 0 radical (unpaired) electrons. The number of oxime groups is 2. The molecule has 5 rings (SSSR count). The van der Waals surface area contributed by atoms with Gasteiger partial charge in [-0.05, 0) is 30.1 Å². The molecule has 0 aromatic heterocycles. The SMILES string of the molecule is O/N=C1/[C@@H]2[C@H]3C[C@H]4[C@@H]2/C(=N/O)[C@@H]2[C@@H]1[C@H]3[C@@H]42. The lowest BCUT2D eigenvalue weighted by Crippen LogP contribution is -2.48. The summed E-state index contributed by atoms with van der Waals surface area (Å²) in [4.78, 5) is 0. The lowest BCUT2D eigenvalue weighted by Gasteiger charge is -2.44. The fraction of sp³-hybridized carbons (Fsp3) is 0.818. The Bertz CT molecular complexity index is 400. The summed E-state index contributed by atoms with van der Waals surface area (Å²) in [6, 6.07) is 0. The third kappa shape index (κ3) is 0.446. The quantitative estimate of drug-likeness (QED) is 0.457. The maximum atomic E-state index is 9.13. The molecular weight excluding hydrogens is 192 g/mol. The Morgan fingerprint density at radius 1 is 0.800 bits per heavy atom. The number of fused-ring (bicyclic) bond motifs is 2. The van der Waals surface area contributed by atoms with Gasteiger partial charge >= 0.3 is 0 Å². The van der Waals surface area contributed by atoms with Crippen LogP contribution in [0.4, 0.5) is 0 Å². The first-order valence-electron chi connectivity index (χ1n) is 5.82. The molecule has 0 aromatic rings. The highest BCUT2D eigenvalue weighted by molar-refractivity contribution is 6.10. The van der Waals surface area contributed by atoms with Crippen LogP contribution in [0.3, 0.4) is 0 Å². The first-order valence-corrected chi connectivity index (χ1v) is 5.82. The monoisotopic (exact) mass is 204 g/mol. The van der Waals surface area contributed by atoms with Crippen LogP contribution in [0.15, 0.2) is 10.3 Å². The van der Waals surface area contributed by atoms with E-state index in [4.69, 9.17) is 10.4 Å². The lowest BCUT2D eigenvalue weighted by molar-refractivity contribution is 0.0644. The van der Waals surface area contributed by atoms with E-state index in [1.54, 1.807) is 0 Å². The third-order valence-corrected chi connectivity index (χ3v) is 6.10. The Balaban J connectivity index is 1.83. The Morgan fingerprint density at radius 3 is 1.67 bits per heavy atom. The molecule has 0 saturated heterocycles. The Morgan fingerprint density at radius 2 is 1.27 bits per heavy atom. The molecule has 0 amide bonds. The molecule has 0 spiro atoms. The van der Waals surface area contributed by atoms with Crippen LogP contribution < -0.4 is 0 Å². The molecule has 78 valence electrons.